The van der Waals surface area contributed by atoms with E-state index in [4.69, 9.17) is 9.15 Å². The average molecular weight is 378 g/mol. The van der Waals surface area contributed by atoms with Gasteiger partial charge in [-0.1, -0.05) is 18.2 Å². The Morgan fingerprint density at radius 3 is 2.54 bits per heavy atom. The molecule has 3 aromatic rings. The Labute approximate surface area is 161 Å². The average Bonchev–Trinajstić information content (AvgIpc) is 3.21. The fourth-order valence-electron chi connectivity index (χ4n) is 2.51. The predicted molar refractivity (Wildman–Crippen MR) is 102 cm³/mol. The van der Waals surface area contributed by atoms with E-state index < -0.39 is 5.97 Å². The lowest BCUT2D eigenvalue weighted by Gasteiger charge is -2.09. The van der Waals surface area contributed by atoms with Crippen LogP contribution in [0.4, 0.5) is 5.69 Å². The van der Waals surface area contributed by atoms with Crippen molar-refractivity contribution in [3.05, 3.63) is 83.8 Å². The van der Waals surface area contributed by atoms with Gasteiger partial charge in [-0.25, -0.2) is 0 Å². The van der Waals surface area contributed by atoms with Gasteiger partial charge < -0.3 is 19.8 Å². The molecule has 0 radical (unpaired) electrons. The molecule has 2 amide bonds. The molecule has 0 aliphatic heterocycles. The molecule has 1 heterocycles. The maximum absolute atomic E-state index is 12.5. The zero-order valence-electron chi connectivity index (χ0n) is 15.1. The minimum atomic E-state index is -0.457. The van der Waals surface area contributed by atoms with Crippen LogP contribution in [0.3, 0.4) is 0 Å². The van der Waals surface area contributed by atoms with Crippen molar-refractivity contribution in [1.82, 2.24) is 5.32 Å². The van der Waals surface area contributed by atoms with Crippen LogP contribution >= 0.6 is 0 Å². The van der Waals surface area contributed by atoms with Gasteiger partial charge >= 0.3 is 5.97 Å². The smallest absolute Gasteiger partial charge is 0.308 e. The summed E-state index contributed by atoms with van der Waals surface area (Å²) in [6.07, 6.45) is 1.43. The summed E-state index contributed by atoms with van der Waals surface area (Å²) in [4.78, 5) is 35.4. The van der Waals surface area contributed by atoms with E-state index in [0.717, 1.165) is 5.56 Å². The first-order valence-corrected chi connectivity index (χ1v) is 8.52. The van der Waals surface area contributed by atoms with Crippen molar-refractivity contribution < 1.29 is 23.5 Å². The van der Waals surface area contributed by atoms with Crippen molar-refractivity contribution in [2.45, 2.75) is 13.5 Å². The first kappa shape index (κ1) is 18.9. The summed E-state index contributed by atoms with van der Waals surface area (Å²) < 4.78 is 10.0. The maximum Gasteiger partial charge on any atom is 0.308 e. The summed E-state index contributed by atoms with van der Waals surface area (Å²) >= 11 is 0. The van der Waals surface area contributed by atoms with Crippen molar-refractivity contribution in [2.75, 3.05) is 5.32 Å². The second-order valence-electron chi connectivity index (χ2n) is 5.94. The third-order valence-corrected chi connectivity index (χ3v) is 3.74. The van der Waals surface area contributed by atoms with Gasteiger partial charge in [0, 0.05) is 24.7 Å². The van der Waals surface area contributed by atoms with E-state index in [0.29, 0.717) is 17.0 Å². The van der Waals surface area contributed by atoms with Crippen molar-refractivity contribution in [1.29, 1.82) is 0 Å². The number of furan rings is 1. The molecule has 0 atom stereocenters. The maximum atomic E-state index is 12.5. The first-order valence-electron chi connectivity index (χ1n) is 8.52. The van der Waals surface area contributed by atoms with Gasteiger partial charge in [0.2, 0.25) is 0 Å². The highest BCUT2D eigenvalue weighted by molar-refractivity contribution is 6.04. The van der Waals surface area contributed by atoms with E-state index in [2.05, 4.69) is 10.6 Å². The van der Waals surface area contributed by atoms with Crippen molar-refractivity contribution in [2.24, 2.45) is 0 Å². The number of ether oxygens (including phenoxy) is 1. The van der Waals surface area contributed by atoms with E-state index >= 15 is 0 Å². The van der Waals surface area contributed by atoms with Gasteiger partial charge in [-0.05, 0) is 48.0 Å². The highest BCUT2D eigenvalue weighted by atomic mass is 16.5. The zero-order valence-corrected chi connectivity index (χ0v) is 15.1. The molecule has 0 saturated heterocycles. The van der Waals surface area contributed by atoms with E-state index in [1.165, 1.54) is 19.3 Å². The van der Waals surface area contributed by atoms with Crippen LogP contribution in [-0.2, 0) is 11.3 Å². The number of hydrogen-bond acceptors (Lipinski definition) is 5. The number of amides is 2. The molecule has 2 N–H and O–H groups in total. The molecule has 3 rings (SSSR count). The fourth-order valence-corrected chi connectivity index (χ4v) is 2.51. The Kier molecular flexibility index (Phi) is 5.86. The number of rotatable bonds is 6. The second-order valence-corrected chi connectivity index (χ2v) is 5.94. The Bertz CT molecular complexity index is 996. The highest BCUT2D eigenvalue weighted by Gasteiger charge is 2.10. The molecule has 0 bridgehead atoms. The predicted octanol–water partition coefficient (Wildman–Crippen LogP) is 3.39. The first-order chi connectivity index (χ1) is 13.5. The van der Waals surface area contributed by atoms with Crippen molar-refractivity contribution in [3.63, 3.8) is 0 Å². The van der Waals surface area contributed by atoms with Gasteiger partial charge in [0.1, 0.15) is 5.75 Å². The molecule has 0 spiro atoms. The van der Waals surface area contributed by atoms with Gasteiger partial charge in [0.25, 0.3) is 11.8 Å². The lowest BCUT2D eigenvalue weighted by Crippen LogP contribution is -2.22. The van der Waals surface area contributed by atoms with E-state index in [9.17, 15) is 14.4 Å². The lowest BCUT2D eigenvalue weighted by molar-refractivity contribution is -0.131. The minimum absolute atomic E-state index is 0.233. The standard InChI is InChI=1S/C21H18N2O5/c1-14(24)28-18-8-3-6-16(12-18)20(25)23-17-7-2-5-15(11-17)13-22-21(26)19-9-4-10-27-19/h2-12H,13H2,1H3,(H,22,26)(H,23,25). The lowest BCUT2D eigenvalue weighted by atomic mass is 10.1. The van der Waals surface area contributed by atoms with Crippen LogP contribution in [0.2, 0.25) is 0 Å². The van der Waals surface area contributed by atoms with Crippen LogP contribution in [-0.4, -0.2) is 17.8 Å². The molecule has 7 nitrogen and oxygen atoms in total. The van der Waals surface area contributed by atoms with E-state index in [1.54, 1.807) is 48.5 Å². The highest BCUT2D eigenvalue weighted by Crippen LogP contribution is 2.16. The molecule has 0 aliphatic rings. The molecular weight excluding hydrogens is 360 g/mol. The van der Waals surface area contributed by atoms with Crippen LogP contribution in [0.1, 0.15) is 33.4 Å². The second kappa shape index (κ2) is 8.68. The van der Waals surface area contributed by atoms with Crippen LogP contribution < -0.4 is 15.4 Å². The van der Waals surface area contributed by atoms with Gasteiger partial charge in [0.05, 0.1) is 6.26 Å². The quantitative estimate of drug-likeness (QED) is 0.506. The van der Waals surface area contributed by atoms with Crippen molar-refractivity contribution >= 4 is 23.5 Å². The number of benzene rings is 2. The Hall–Kier alpha value is -3.87. The molecule has 0 aliphatic carbocycles. The number of carbonyl (C=O) groups is 3. The summed E-state index contributed by atoms with van der Waals surface area (Å²) in [5, 5.41) is 5.53. The van der Waals surface area contributed by atoms with Crippen molar-refractivity contribution in [3.8, 4) is 5.75 Å². The molecule has 28 heavy (non-hydrogen) atoms. The normalized spacial score (nSPS) is 10.2. The van der Waals surface area contributed by atoms with Gasteiger partial charge in [-0.3, -0.25) is 14.4 Å². The van der Waals surface area contributed by atoms with Crippen LogP contribution in [0, 0.1) is 0 Å². The van der Waals surface area contributed by atoms with Gasteiger partial charge in [-0.15, -0.1) is 0 Å². The van der Waals surface area contributed by atoms with E-state index in [1.807, 2.05) is 6.07 Å². The molecule has 0 fully saturated rings. The molecule has 7 heteroatoms. The summed E-state index contributed by atoms with van der Waals surface area (Å²) in [6.45, 7) is 1.58. The molecule has 2 aromatic carbocycles. The SMILES string of the molecule is CC(=O)Oc1cccc(C(=O)Nc2cccc(CNC(=O)c3ccco3)c2)c1. The largest absolute Gasteiger partial charge is 0.459 e. The summed E-state index contributed by atoms with van der Waals surface area (Å²) in [7, 11) is 0. The summed E-state index contributed by atoms with van der Waals surface area (Å²) in [6, 6.07) is 16.7. The monoisotopic (exact) mass is 378 g/mol. The van der Waals surface area contributed by atoms with E-state index in [-0.39, 0.29) is 24.1 Å². The fraction of sp³-hybridized carbons (Fsp3) is 0.0952. The molecule has 1 aromatic heterocycles. The molecule has 0 unspecified atom stereocenters. The molecule has 0 saturated carbocycles. The third kappa shape index (κ3) is 5.07. The van der Waals surface area contributed by atoms with Gasteiger partial charge in [0.15, 0.2) is 5.76 Å². The van der Waals surface area contributed by atoms with Crippen LogP contribution in [0.15, 0.2) is 71.3 Å². The third-order valence-electron chi connectivity index (χ3n) is 3.74. The van der Waals surface area contributed by atoms with Crippen LogP contribution in [0.25, 0.3) is 0 Å². The number of esters is 1. The molecular formula is C21H18N2O5. The Morgan fingerprint density at radius 1 is 0.964 bits per heavy atom. The minimum Gasteiger partial charge on any atom is -0.459 e. The molecule has 142 valence electrons. The number of anilines is 1. The summed E-state index contributed by atoms with van der Waals surface area (Å²) in [5.41, 5.74) is 1.74. The summed E-state index contributed by atoms with van der Waals surface area (Å²) in [5.74, 6) is -0.582. The topological polar surface area (TPSA) is 97.6 Å². The van der Waals surface area contributed by atoms with Crippen LogP contribution in [0.5, 0.6) is 5.75 Å². The number of hydrogen-bond donors (Lipinski definition) is 2. The van der Waals surface area contributed by atoms with Gasteiger partial charge in [-0.2, -0.15) is 0 Å². The number of carbonyl (C=O) groups excluding carboxylic acids is 3. The zero-order chi connectivity index (χ0) is 19.9. The number of nitrogens with one attached hydrogen (secondary N) is 2. The Balaban J connectivity index is 1.63. The Morgan fingerprint density at radius 2 is 1.79 bits per heavy atom.